The van der Waals surface area contributed by atoms with Gasteiger partial charge in [-0.2, -0.15) is 10.5 Å². The van der Waals surface area contributed by atoms with Crippen molar-refractivity contribution in [1.29, 1.82) is 10.5 Å². The minimum absolute atomic E-state index is 0. The Kier molecular flexibility index (Phi) is 5.53. The zero-order valence-electron chi connectivity index (χ0n) is 18.1. The predicted octanol–water partition coefficient (Wildman–Crippen LogP) is 4.11. The van der Waals surface area contributed by atoms with Crippen LogP contribution in [0.25, 0.3) is 22.1 Å². The monoisotopic (exact) mass is 431 g/mol. The van der Waals surface area contributed by atoms with Crippen molar-refractivity contribution >= 4 is 28.0 Å². The summed E-state index contributed by atoms with van der Waals surface area (Å²) >= 11 is 0. The summed E-state index contributed by atoms with van der Waals surface area (Å²) < 4.78 is 2.29. The van der Waals surface area contributed by atoms with E-state index in [4.69, 9.17) is 15.5 Å². The van der Waals surface area contributed by atoms with E-state index < -0.39 is 0 Å². The standard InChI is InChI=1S/C24H27N7O.H2/c25-9-5-16-1-3-18(4-2-16)31-21(13-22(32)30-11-7-17(14-26)8-12-30)29-20-15-28-24-19(23(20)31)6-10-27-24;/h6,10,15-18H,1-5,7-8,11-13H2,(H,27,28);1H. The molecule has 0 radical (unpaired) electrons. The molecule has 166 valence electrons. The maximum atomic E-state index is 13.2. The molecular formula is C24H29N7O. The van der Waals surface area contributed by atoms with Gasteiger partial charge in [-0.3, -0.25) is 4.79 Å². The van der Waals surface area contributed by atoms with Crippen LogP contribution in [0.3, 0.4) is 0 Å². The van der Waals surface area contributed by atoms with Crippen molar-refractivity contribution in [3.8, 4) is 12.1 Å². The number of hydrogen-bond donors (Lipinski definition) is 1. The normalized spacial score (nSPS) is 22.1. The number of nitrogens with one attached hydrogen (secondary N) is 1. The highest BCUT2D eigenvalue weighted by atomic mass is 16.2. The molecule has 2 aliphatic rings. The van der Waals surface area contributed by atoms with Crippen LogP contribution in [0, 0.1) is 34.5 Å². The Morgan fingerprint density at radius 3 is 2.69 bits per heavy atom. The largest absolute Gasteiger partial charge is 0.346 e. The van der Waals surface area contributed by atoms with Crippen molar-refractivity contribution < 1.29 is 6.22 Å². The minimum Gasteiger partial charge on any atom is -0.346 e. The first-order valence-corrected chi connectivity index (χ1v) is 11.5. The first-order chi connectivity index (χ1) is 15.7. The van der Waals surface area contributed by atoms with Crippen LogP contribution in [0.2, 0.25) is 0 Å². The van der Waals surface area contributed by atoms with Crippen LogP contribution in [0.1, 0.15) is 58.2 Å². The van der Waals surface area contributed by atoms with Crippen LogP contribution in [0.5, 0.6) is 0 Å². The third-order valence-corrected chi connectivity index (χ3v) is 7.21. The number of hydrogen-bond acceptors (Lipinski definition) is 5. The first-order valence-electron chi connectivity index (χ1n) is 11.5. The highest BCUT2D eigenvalue weighted by molar-refractivity contribution is 6.01. The molecule has 8 heteroatoms. The highest BCUT2D eigenvalue weighted by Crippen LogP contribution is 2.38. The van der Waals surface area contributed by atoms with Crippen LogP contribution in [0.15, 0.2) is 18.5 Å². The number of piperidine rings is 1. The topological polar surface area (TPSA) is 114 Å². The van der Waals surface area contributed by atoms with Crippen LogP contribution in [-0.2, 0) is 11.2 Å². The lowest BCUT2D eigenvalue weighted by atomic mass is 9.84. The second-order valence-corrected chi connectivity index (χ2v) is 9.13. The summed E-state index contributed by atoms with van der Waals surface area (Å²) in [5.41, 5.74) is 2.70. The van der Waals surface area contributed by atoms with E-state index in [1.807, 2.05) is 17.2 Å². The number of nitriles is 2. The molecule has 0 spiro atoms. The van der Waals surface area contributed by atoms with Gasteiger partial charge in [-0.1, -0.05) is 0 Å². The molecule has 2 fully saturated rings. The van der Waals surface area contributed by atoms with Crippen molar-refractivity contribution in [3.63, 3.8) is 0 Å². The van der Waals surface area contributed by atoms with Crippen molar-refractivity contribution in [2.24, 2.45) is 11.8 Å². The molecule has 1 amide bonds. The molecule has 32 heavy (non-hydrogen) atoms. The molecular weight excluding hydrogens is 402 g/mol. The lowest BCUT2D eigenvalue weighted by molar-refractivity contribution is -0.131. The van der Waals surface area contributed by atoms with Gasteiger partial charge in [-0.25, -0.2) is 9.97 Å². The fraction of sp³-hybridized carbons (Fsp3) is 0.542. The van der Waals surface area contributed by atoms with Gasteiger partial charge in [0.25, 0.3) is 0 Å². The van der Waals surface area contributed by atoms with Gasteiger partial charge in [0.1, 0.15) is 17.0 Å². The molecule has 8 nitrogen and oxygen atoms in total. The van der Waals surface area contributed by atoms with Crippen LogP contribution in [-0.4, -0.2) is 43.4 Å². The zero-order valence-corrected chi connectivity index (χ0v) is 18.1. The summed E-state index contributed by atoms with van der Waals surface area (Å²) in [6.45, 7) is 1.28. The number of amides is 1. The molecule has 4 heterocycles. The number of carbonyl (C=O) groups is 1. The number of fused-ring (bicyclic) bond motifs is 3. The molecule has 1 N–H and O–H groups in total. The fourth-order valence-corrected chi connectivity index (χ4v) is 5.40. The number of aromatic amines is 1. The number of rotatable bonds is 4. The van der Waals surface area contributed by atoms with Gasteiger partial charge in [-0.05, 0) is 50.5 Å². The van der Waals surface area contributed by atoms with Gasteiger partial charge >= 0.3 is 0 Å². The van der Waals surface area contributed by atoms with E-state index >= 15 is 0 Å². The molecule has 1 aliphatic carbocycles. The number of carbonyl (C=O) groups excluding carboxylic acids is 1. The van der Waals surface area contributed by atoms with Gasteiger partial charge in [-0.15, -0.1) is 0 Å². The summed E-state index contributed by atoms with van der Waals surface area (Å²) in [5.74, 6) is 1.40. The molecule has 3 aromatic rings. The molecule has 5 rings (SSSR count). The van der Waals surface area contributed by atoms with E-state index in [1.165, 1.54) is 0 Å². The summed E-state index contributed by atoms with van der Waals surface area (Å²) in [7, 11) is 0. The smallest absolute Gasteiger partial charge is 0.230 e. The van der Waals surface area contributed by atoms with E-state index in [0.29, 0.717) is 25.4 Å². The Balaban J connectivity index is 0.00000259. The Labute approximate surface area is 188 Å². The van der Waals surface area contributed by atoms with Crippen LogP contribution in [0.4, 0.5) is 0 Å². The predicted molar refractivity (Wildman–Crippen MR) is 121 cm³/mol. The summed E-state index contributed by atoms with van der Waals surface area (Å²) in [5, 5.41) is 19.2. The fourth-order valence-electron chi connectivity index (χ4n) is 5.40. The minimum atomic E-state index is 0. The molecule has 1 saturated heterocycles. The van der Waals surface area contributed by atoms with Crippen molar-refractivity contribution in [3.05, 3.63) is 24.3 Å². The van der Waals surface area contributed by atoms with Crippen molar-refractivity contribution in [2.75, 3.05) is 13.1 Å². The molecule has 0 bridgehead atoms. The summed E-state index contributed by atoms with van der Waals surface area (Å²) in [6, 6.07) is 6.94. The Morgan fingerprint density at radius 1 is 1.19 bits per heavy atom. The van der Waals surface area contributed by atoms with Crippen molar-refractivity contribution in [1.82, 2.24) is 24.4 Å². The SMILES string of the molecule is N#CCC1CCC(n2c(CC(=O)N3CCC(C#N)CC3)nc3cnc4[nH]ccc4c32)CC1.[HH]. The van der Waals surface area contributed by atoms with Gasteiger partial charge in [0.15, 0.2) is 0 Å². The number of imidazole rings is 1. The zero-order chi connectivity index (χ0) is 22.1. The van der Waals surface area contributed by atoms with E-state index in [0.717, 1.165) is 66.4 Å². The van der Waals surface area contributed by atoms with E-state index in [1.54, 1.807) is 6.20 Å². The third-order valence-electron chi connectivity index (χ3n) is 7.21. The van der Waals surface area contributed by atoms with Gasteiger partial charge in [0.2, 0.25) is 5.91 Å². The van der Waals surface area contributed by atoms with Crippen LogP contribution >= 0.6 is 0 Å². The van der Waals surface area contributed by atoms with E-state index in [2.05, 4.69) is 26.7 Å². The van der Waals surface area contributed by atoms with Crippen LogP contribution < -0.4 is 0 Å². The van der Waals surface area contributed by atoms with Gasteiger partial charge in [0.05, 0.1) is 30.3 Å². The van der Waals surface area contributed by atoms with E-state index in [9.17, 15) is 4.79 Å². The number of aromatic nitrogens is 4. The molecule has 0 unspecified atom stereocenters. The summed E-state index contributed by atoms with van der Waals surface area (Å²) in [6.07, 6.45) is 10.1. The van der Waals surface area contributed by atoms with E-state index in [-0.39, 0.29) is 25.7 Å². The quantitative estimate of drug-likeness (QED) is 0.668. The maximum absolute atomic E-state index is 13.2. The number of nitrogens with zero attached hydrogens (tertiary/aromatic N) is 6. The lowest BCUT2D eigenvalue weighted by Gasteiger charge is -2.31. The Bertz CT molecular complexity index is 1220. The van der Waals surface area contributed by atoms with Gasteiger partial charge < -0.3 is 14.5 Å². The average molecular weight is 432 g/mol. The number of pyridine rings is 1. The van der Waals surface area contributed by atoms with Gasteiger partial charge in [0, 0.05) is 44.5 Å². The second-order valence-electron chi connectivity index (χ2n) is 9.13. The molecule has 1 saturated carbocycles. The molecule has 0 atom stereocenters. The summed E-state index contributed by atoms with van der Waals surface area (Å²) in [4.78, 5) is 27.6. The second kappa shape index (κ2) is 8.63. The maximum Gasteiger partial charge on any atom is 0.230 e. The molecule has 3 aromatic heterocycles. The Hall–Kier alpha value is -3.39. The lowest BCUT2D eigenvalue weighted by Crippen LogP contribution is -2.39. The highest BCUT2D eigenvalue weighted by Gasteiger charge is 2.29. The molecule has 0 aromatic carbocycles. The number of H-pyrrole nitrogens is 1. The average Bonchev–Trinajstić information content (AvgIpc) is 3.44. The first kappa shape index (κ1) is 20.5. The Morgan fingerprint density at radius 2 is 1.97 bits per heavy atom. The third kappa shape index (κ3) is 3.71. The van der Waals surface area contributed by atoms with Crippen molar-refractivity contribution in [2.45, 2.75) is 57.4 Å². The molecule has 1 aliphatic heterocycles. The number of likely N-dealkylation sites (tertiary alicyclic amines) is 1.